The summed E-state index contributed by atoms with van der Waals surface area (Å²) in [5.74, 6) is -1.24. The van der Waals surface area contributed by atoms with Crippen LogP contribution < -0.4 is 11.1 Å². The van der Waals surface area contributed by atoms with E-state index in [-0.39, 0.29) is 12.1 Å². The van der Waals surface area contributed by atoms with E-state index in [9.17, 15) is 9.59 Å². The topological polar surface area (TPSA) is 81.4 Å². The van der Waals surface area contributed by atoms with Gasteiger partial charge in [0.15, 0.2) is 0 Å². The third kappa shape index (κ3) is 7.26. The molecule has 1 aliphatic rings. The lowest BCUT2D eigenvalue weighted by Crippen LogP contribution is -2.35. The van der Waals surface area contributed by atoms with Crippen LogP contribution in [0.15, 0.2) is 24.3 Å². The lowest BCUT2D eigenvalue weighted by atomic mass is 10.0. The normalized spacial score (nSPS) is 17.4. The number of rotatable bonds is 4. The molecule has 2 rings (SSSR count). The van der Waals surface area contributed by atoms with Gasteiger partial charge in [0, 0.05) is 11.7 Å². The Labute approximate surface area is 150 Å². The maximum Gasteiger partial charge on any atom is 0.347 e. The van der Waals surface area contributed by atoms with Crippen molar-refractivity contribution in [3.05, 3.63) is 29.8 Å². The first-order chi connectivity index (χ1) is 12.2. The number of ether oxygens (including phenoxy) is 1. The van der Waals surface area contributed by atoms with Crippen molar-refractivity contribution in [2.45, 2.75) is 70.3 Å². The minimum absolute atomic E-state index is 0.0587. The van der Waals surface area contributed by atoms with Gasteiger partial charge in [-0.2, -0.15) is 0 Å². The van der Waals surface area contributed by atoms with Crippen molar-refractivity contribution in [3.63, 3.8) is 0 Å². The van der Waals surface area contributed by atoms with Gasteiger partial charge in [0.05, 0.1) is 12.1 Å². The lowest BCUT2D eigenvalue weighted by molar-refractivity contribution is -0.137. The van der Waals surface area contributed by atoms with E-state index < -0.39 is 11.9 Å². The molecule has 25 heavy (non-hydrogen) atoms. The molecular formula is C20H30N2O3. The van der Waals surface area contributed by atoms with Crippen LogP contribution in [0, 0.1) is 0 Å². The Morgan fingerprint density at radius 1 is 0.960 bits per heavy atom. The van der Waals surface area contributed by atoms with Crippen LogP contribution in [0.3, 0.4) is 0 Å². The Morgan fingerprint density at radius 3 is 2.12 bits per heavy atom. The minimum atomic E-state index is -0.688. The van der Waals surface area contributed by atoms with Gasteiger partial charge in [0.25, 0.3) is 0 Å². The predicted octanol–water partition coefficient (Wildman–Crippen LogP) is 3.83. The van der Waals surface area contributed by atoms with Crippen molar-refractivity contribution >= 4 is 17.6 Å². The van der Waals surface area contributed by atoms with Gasteiger partial charge < -0.3 is 15.8 Å². The number of nitrogens with two attached hydrogens (primary N) is 1. The summed E-state index contributed by atoms with van der Waals surface area (Å²) >= 11 is 0. The second kappa shape index (κ2) is 10.9. The molecule has 138 valence electrons. The summed E-state index contributed by atoms with van der Waals surface area (Å²) in [6.07, 6.45) is 12.3. The molecule has 1 aliphatic carbocycles. The van der Waals surface area contributed by atoms with Gasteiger partial charge in [-0.1, -0.05) is 63.5 Å². The maximum absolute atomic E-state index is 12.0. The van der Waals surface area contributed by atoms with Gasteiger partial charge in [0.2, 0.25) is 0 Å². The summed E-state index contributed by atoms with van der Waals surface area (Å²) in [6.45, 7) is 0.0587. The maximum atomic E-state index is 12.0. The molecule has 0 saturated heterocycles. The van der Waals surface area contributed by atoms with Crippen molar-refractivity contribution in [2.75, 3.05) is 12.3 Å². The van der Waals surface area contributed by atoms with Gasteiger partial charge >= 0.3 is 11.9 Å². The van der Waals surface area contributed by atoms with Crippen LogP contribution in [0.1, 0.15) is 74.6 Å². The van der Waals surface area contributed by atoms with E-state index in [0.717, 1.165) is 12.8 Å². The average Bonchev–Trinajstić information content (AvgIpc) is 2.66. The Morgan fingerprint density at radius 2 is 1.52 bits per heavy atom. The number of hydrogen-bond donors (Lipinski definition) is 2. The molecule has 1 aromatic carbocycles. The molecule has 0 aromatic heterocycles. The van der Waals surface area contributed by atoms with Crippen LogP contribution in [0.4, 0.5) is 5.69 Å². The Bertz CT molecular complexity index is 548. The molecule has 0 aliphatic heterocycles. The molecule has 1 aromatic rings. The van der Waals surface area contributed by atoms with Crippen LogP contribution in [0.2, 0.25) is 0 Å². The molecule has 5 heteroatoms. The van der Waals surface area contributed by atoms with Gasteiger partial charge in [-0.15, -0.1) is 0 Å². The predicted molar refractivity (Wildman–Crippen MR) is 99.2 cm³/mol. The van der Waals surface area contributed by atoms with Gasteiger partial charge in [-0.25, -0.2) is 4.79 Å². The van der Waals surface area contributed by atoms with Gasteiger partial charge in [0.1, 0.15) is 0 Å². The summed E-state index contributed by atoms with van der Waals surface area (Å²) in [4.78, 5) is 24.0. The summed E-state index contributed by atoms with van der Waals surface area (Å²) in [5.41, 5.74) is 6.28. The molecule has 1 saturated carbocycles. The fraction of sp³-hybridized carbons (Fsp3) is 0.600. The molecule has 1 fully saturated rings. The van der Waals surface area contributed by atoms with E-state index in [1.165, 1.54) is 51.4 Å². The fourth-order valence-electron chi connectivity index (χ4n) is 3.30. The standard InChI is InChI=1S/C20H30N2O3/c21-18-14-10-9-13-17(18)20(24)25-19(23)15-22-16-11-7-5-3-1-2-4-6-8-12-16/h9-10,13-14,16,22H,1-8,11-12,15,21H2. The second-order valence-corrected chi connectivity index (χ2v) is 6.83. The third-order valence-corrected chi connectivity index (χ3v) is 4.78. The highest BCUT2D eigenvalue weighted by atomic mass is 16.6. The van der Waals surface area contributed by atoms with Crippen molar-refractivity contribution in [1.82, 2.24) is 5.32 Å². The molecule has 0 radical (unpaired) electrons. The highest BCUT2D eigenvalue weighted by molar-refractivity contribution is 6.00. The van der Waals surface area contributed by atoms with Crippen LogP contribution in [-0.2, 0) is 9.53 Å². The van der Waals surface area contributed by atoms with Crippen LogP contribution >= 0.6 is 0 Å². The summed E-state index contributed by atoms with van der Waals surface area (Å²) < 4.78 is 4.91. The molecule has 0 bridgehead atoms. The van der Waals surface area contributed by atoms with Crippen molar-refractivity contribution < 1.29 is 14.3 Å². The van der Waals surface area contributed by atoms with Gasteiger partial charge in [-0.3, -0.25) is 4.79 Å². The number of para-hydroxylation sites is 1. The summed E-state index contributed by atoms with van der Waals surface area (Å²) in [7, 11) is 0. The van der Waals surface area contributed by atoms with Crippen molar-refractivity contribution in [2.24, 2.45) is 0 Å². The molecule has 0 amide bonds. The summed E-state index contributed by atoms with van der Waals surface area (Å²) in [5, 5.41) is 3.27. The second-order valence-electron chi connectivity index (χ2n) is 6.83. The number of nitrogen functional groups attached to an aromatic ring is 1. The smallest absolute Gasteiger partial charge is 0.347 e. The van der Waals surface area contributed by atoms with Crippen LogP contribution in [0.5, 0.6) is 0 Å². The molecule has 0 atom stereocenters. The number of anilines is 1. The number of esters is 2. The van der Waals surface area contributed by atoms with E-state index in [1.54, 1.807) is 24.3 Å². The van der Waals surface area contributed by atoms with E-state index in [4.69, 9.17) is 10.5 Å². The van der Waals surface area contributed by atoms with Crippen molar-refractivity contribution in [3.8, 4) is 0 Å². The Kier molecular flexibility index (Phi) is 8.46. The highest BCUT2D eigenvalue weighted by Crippen LogP contribution is 2.17. The number of carbonyl (C=O) groups is 2. The monoisotopic (exact) mass is 346 g/mol. The van der Waals surface area contributed by atoms with E-state index in [1.807, 2.05) is 0 Å². The summed E-state index contributed by atoms with van der Waals surface area (Å²) in [6, 6.07) is 6.92. The zero-order chi connectivity index (χ0) is 17.9. The quantitative estimate of drug-likeness (QED) is 0.492. The minimum Gasteiger partial charge on any atom is -0.398 e. The van der Waals surface area contributed by atoms with E-state index in [0.29, 0.717) is 11.7 Å². The number of benzene rings is 1. The molecule has 0 spiro atoms. The van der Waals surface area contributed by atoms with Crippen molar-refractivity contribution in [1.29, 1.82) is 0 Å². The average molecular weight is 346 g/mol. The Balaban J connectivity index is 1.77. The first-order valence-electron chi connectivity index (χ1n) is 9.49. The van der Waals surface area contributed by atoms with Gasteiger partial charge in [-0.05, 0) is 25.0 Å². The first kappa shape index (κ1) is 19.4. The SMILES string of the molecule is Nc1ccccc1C(=O)OC(=O)CNC1CCCCCCCCCC1. The molecule has 3 N–H and O–H groups in total. The van der Waals surface area contributed by atoms with E-state index >= 15 is 0 Å². The lowest BCUT2D eigenvalue weighted by Gasteiger charge is -2.18. The fourth-order valence-corrected chi connectivity index (χ4v) is 3.30. The zero-order valence-corrected chi connectivity index (χ0v) is 15.0. The van der Waals surface area contributed by atoms with E-state index in [2.05, 4.69) is 5.32 Å². The van der Waals surface area contributed by atoms with Crippen LogP contribution in [0.25, 0.3) is 0 Å². The Hall–Kier alpha value is -1.88. The molecule has 0 heterocycles. The zero-order valence-electron chi connectivity index (χ0n) is 15.0. The van der Waals surface area contributed by atoms with Crippen LogP contribution in [-0.4, -0.2) is 24.5 Å². The molecular weight excluding hydrogens is 316 g/mol. The number of carbonyl (C=O) groups excluding carboxylic acids is 2. The number of nitrogens with one attached hydrogen (secondary N) is 1. The molecule has 5 nitrogen and oxygen atoms in total. The first-order valence-corrected chi connectivity index (χ1v) is 9.49. The largest absolute Gasteiger partial charge is 0.398 e. The third-order valence-electron chi connectivity index (χ3n) is 4.78. The number of hydrogen-bond acceptors (Lipinski definition) is 5. The molecule has 0 unspecified atom stereocenters. The highest BCUT2D eigenvalue weighted by Gasteiger charge is 2.17.